The summed E-state index contributed by atoms with van der Waals surface area (Å²) in [6, 6.07) is 10.7. The fourth-order valence-electron chi connectivity index (χ4n) is 2.81. The van der Waals surface area contributed by atoms with Gasteiger partial charge in [-0.15, -0.1) is 11.3 Å². The smallest absolute Gasteiger partial charge is 0.214 e. The van der Waals surface area contributed by atoms with Gasteiger partial charge in [0, 0.05) is 29.1 Å². The molecule has 1 aromatic carbocycles. The standard InChI is InChI=1S/C20H29NO4S3/c1-5-6-12-28(24,25)21(14-16(2)3)15-18-10-11-20(26-18)17-8-7-9-19(13-17)27(4,22)23/h7-11,13,16H,5-6,12,14-15H2,1-4H3. The van der Waals surface area contributed by atoms with Gasteiger partial charge in [-0.05, 0) is 42.2 Å². The molecule has 5 nitrogen and oxygen atoms in total. The summed E-state index contributed by atoms with van der Waals surface area (Å²) in [5.41, 5.74) is 0.823. The van der Waals surface area contributed by atoms with Crippen LogP contribution in [0, 0.1) is 5.92 Å². The lowest BCUT2D eigenvalue weighted by molar-refractivity contribution is 0.364. The lowest BCUT2D eigenvalue weighted by Crippen LogP contribution is -2.35. The number of rotatable bonds is 10. The van der Waals surface area contributed by atoms with Gasteiger partial charge in [0.15, 0.2) is 9.84 Å². The van der Waals surface area contributed by atoms with E-state index in [1.807, 2.05) is 39.0 Å². The maximum atomic E-state index is 12.7. The Morgan fingerprint density at radius 3 is 2.39 bits per heavy atom. The van der Waals surface area contributed by atoms with Gasteiger partial charge < -0.3 is 0 Å². The second kappa shape index (κ2) is 9.52. The van der Waals surface area contributed by atoms with E-state index in [4.69, 9.17) is 0 Å². The van der Waals surface area contributed by atoms with Gasteiger partial charge in [-0.25, -0.2) is 16.8 Å². The van der Waals surface area contributed by atoms with Crippen LogP contribution in [0.2, 0.25) is 0 Å². The van der Waals surface area contributed by atoms with Gasteiger partial charge in [0.1, 0.15) is 0 Å². The Labute approximate surface area is 173 Å². The average Bonchev–Trinajstić information content (AvgIpc) is 3.07. The molecule has 0 saturated carbocycles. The van der Waals surface area contributed by atoms with Crippen LogP contribution < -0.4 is 0 Å². The molecule has 1 aromatic heterocycles. The third-order valence-corrected chi connectivity index (χ3v) is 8.36. The van der Waals surface area contributed by atoms with Crippen molar-refractivity contribution in [2.24, 2.45) is 5.92 Å². The Morgan fingerprint density at radius 1 is 1.07 bits per heavy atom. The van der Waals surface area contributed by atoms with Gasteiger partial charge in [0.25, 0.3) is 0 Å². The minimum absolute atomic E-state index is 0.171. The number of hydrogen-bond donors (Lipinski definition) is 0. The van der Waals surface area contributed by atoms with Crippen LogP contribution in [-0.4, -0.2) is 39.7 Å². The molecule has 0 fully saturated rings. The Balaban J connectivity index is 2.26. The number of thiophene rings is 1. The molecule has 0 saturated heterocycles. The normalized spacial score (nSPS) is 12.8. The van der Waals surface area contributed by atoms with Crippen molar-refractivity contribution >= 4 is 31.2 Å². The van der Waals surface area contributed by atoms with E-state index in [1.54, 1.807) is 22.5 Å². The predicted octanol–water partition coefficient (Wildman–Crippen LogP) is 4.41. The molecule has 2 aromatic rings. The van der Waals surface area contributed by atoms with E-state index < -0.39 is 19.9 Å². The molecule has 0 atom stereocenters. The molecule has 0 radical (unpaired) electrons. The van der Waals surface area contributed by atoms with E-state index in [1.165, 1.54) is 17.6 Å². The Morgan fingerprint density at radius 2 is 1.79 bits per heavy atom. The van der Waals surface area contributed by atoms with E-state index in [0.29, 0.717) is 19.5 Å². The van der Waals surface area contributed by atoms with E-state index in [9.17, 15) is 16.8 Å². The van der Waals surface area contributed by atoms with Crippen molar-refractivity contribution in [1.29, 1.82) is 0 Å². The van der Waals surface area contributed by atoms with Crippen LogP contribution in [0.1, 0.15) is 38.5 Å². The number of hydrogen-bond acceptors (Lipinski definition) is 5. The van der Waals surface area contributed by atoms with Crippen LogP contribution in [0.15, 0.2) is 41.3 Å². The second-order valence-corrected chi connectivity index (χ2v) is 12.7. The number of nitrogens with zero attached hydrogens (tertiary/aromatic N) is 1. The van der Waals surface area contributed by atoms with Crippen molar-refractivity contribution in [2.75, 3.05) is 18.6 Å². The van der Waals surface area contributed by atoms with Crippen molar-refractivity contribution in [3.8, 4) is 10.4 Å². The molecule has 0 aliphatic heterocycles. The molecule has 0 N–H and O–H groups in total. The van der Waals surface area contributed by atoms with Gasteiger partial charge in [0.05, 0.1) is 10.6 Å². The summed E-state index contributed by atoms with van der Waals surface area (Å²) in [5.74, 6) is 0.410. The van der Waals surface area contributed by atoms with E-state index in [-0.39, 0.29) is 16.6 Å². The first-order chi connectivity index (χ1) is 13.0. The quantitative estimate of drug-likeness (QED) is 0.545. The van der Waals surface area contributed by atoms with Crippen LogP contribution >= 0.6 is 11.3 Å². The molecule has 156 valence electrons. The summed E-state index contributed by atoms with van der Waals surface area (Å²) in [4.78, 5) is 2.15. The van der Waals surface area contributed by atoms with Crippen molar-refractivity contribution in [2.45, 2.75) is 45.1 Å². The zero-order valence-corrected chi connectivity index (χ0v) is 19.3. The SMILES string of the molecule is CCCCS(=O)(=O)N(Cc1ccc(-c2cccc(S(C)(=O)=O)c2)s1)CC(C)C. The summed E-state index contributed by atoms with van der Waals surface area (Å²) < 4.78 is 50.6. The van der Waals surface area contributed by atoms with Gasteiger partial charge >= 0.3 is 0 Å². The topological polar surface area (TPSA) is 71.5 Å². The number of sulfone groups is 1. The highest BCUT2D eigenvalue weighted by molar-refractivity contribution is 7.90. The lowest BCUT2D eigenvalue weighted by atomic mass is 10.2. The largest absolute Gasteiger partial charge is 0.224 e. The number of unbranched alkanes of at least 4 members (excludes halogenated alkanes) is 1. The molecule has 0 aliphatic rings. The van der Waals surface area contributed by atoms with Crippen LogP contribution in [0.4, 0.5) is 0 Å². The minimum atomic E-state index is -3.30. The van der Waals surface area contributed by atoms with Gasteiger partial charge in [-0.1, -0.05) is 39.3 Å². The van der Waals surface area contributed by atoms with Crippen molar-refractivity contribution in [3.05, 3.63) is 41.3 Å². The Bertz CT molecular complexity index is 992. The summed E-state index contributed by atoms with van der Waals surface area (Å²) in [7, 11) is -6.57. The van der Waals surface area contributed by atoms with E-state index in [0.717, 1.165) is 21.7 Å². The highest BCUT2D eigenvalue weighted by Crippen LogP contribution is 2.31. The van der Waals surface area contributed by atoms with Gasteiger partial charge in [-0.2, -0.15) is 4.31 Å². The molecular weight excluding hydrogens is 414 g/mol. The predicted molar refractivity (Wildman–Crippen MR) is 117 cm³/mol. The molecule has 8 heteroatoms. The van der Waals surface area contributed by atoms with Crippen LogP contribution in [-0.2, 0) is 26.4 Å². The molecule has 1 heterocycles. The fourth-order valence-corrected chi connectivity index (χ4v) is 6.35. The first-order valence-corrected chi connectivity index (χ1v) is 13.7. The first-order valence-electron chi connectivity index (χ1n) is 9.40. The molecular formula is C20H29NO4S3. The van der Waals surface area contributed by atoms with Crippen molar-refractivity contribution in [3.63, 3.8) is 0 Å². The summed E-state index contributed by atoms with van der Waals surface area (Å²) in [6.07, 6.45) is 2.69. The van der Waals surface area contributed by atoms with Gasteiger partial charge in [0.2, 0.25) is 10.0 Å². The zero-order valence-electron chi connectivity index (χ0n) is 16.9. The summed E-state index contributed by atoms with van der Waals surface area (Å²) in [6.45, 7) is 6.85. The van der Waals surface area contributed by atoms with E-state index >= 15 is 0 Å². The van der Waals surface area contributed by atoms with Gasteiger partial charge in [-0.3, -0.25) is 0 Å². The zero-order chi connectivity index (χ0) is 20.9. The monoisotopic (exact) mass is 443 g/mol. The third kappa shape index (κ3) is 6.40. The molecule has 0 amide bonds. The summed E-state index contributed by atoms with van der Waals surface area (Å²) in [5, 5.41) is 0. The highest BCUT2D eigenvalue weighted by Gasteiger charge is 2.23. The first kappa shape index (κ1) is 23.1. The van der Waals surface area contributed by atoms with Crippen molar-refractivity contribution < 1.29 is 16.8 Å². The molecule has 0 unspecified atom stereocenters. The van der Waals surface area contributed by atoms with Crippen molar-refractivity contribution in [1.82, 2.24) is 4.31 Å². The third-order valence-electron chi connectivity index (χ3n) is 4.26. The average molecular weight is 444 g/mol. The minimum Gasteiger partial charge on any atom is -0.224 e. The molecule has 28 heavy (non-hydrogen) atoms. The van der Waals surface area contributed by atoms with Crippen LogP contribution in [0.25, 0.3) is 10.4 Å². The fraction of sp³-hybridized carbons (Fsp3) is 0.500. The van der Waals surface area contributed by atoms with Crippen LogP contribution in [0.5, 0.6) is 0 Å². The highest BCUT2D eigenvalue weighted by atomic mass is 32.2. The maximum absolute atomic E-state index is 12.7. The second-order valence-electron chi connectivity index (χ2n) is 7.42. The molecule has 0 bridgehead atoms. The van der Waals surface area contributed by atoms with Crippen LogP contribution in [0.3, 0.4) is 0 Å². The lowest BCUT2D eigenvalue weighted by Gasteiger charge is -2.23. The molecule has 0 spiro atoms. The summed E-state index contributed by atoms with van der Waals surface area (Å²) >= 11 is 1.50. The maximum Gasteiger partial charge on any atom is 0.214 e. The Kier molecular flexibility index (Phi) is 7.84. The Hall–Kier alpha value is -1.22. The molecule has 0 aliphatic carbocycles. The number of sulfonamides is 1. The number of benzene rings is 1. The van der Waals surface area contributed by atoms with E-state index in [2.05, 4.69) is 0 Å². The molecule has 2 rings (SSSR count).